The van der Waals surface area contributed by atoms with Gasteiger partial charge < -0.3 is 20.2 Å². The summed E-state index contributed by atoms with van der Waals surface area (Å²) in [6.07, 6.45) is 1.49. The summed E-state index contributed by atoms with van der Waals surface area (Å²) in [4.78, 5) is 15.3. The Morgan fingerprint density at radius 2 is 1.96 bits per heavy atom. The highest BCUT2D eigenvalue weighted by atomic mass is 32.2. The Kier molecular flexibility index (Phi) is 5.18. The zero-order valence-electron chi connectivity index (χ0n) is 14.1. The number of imidazole rings is 1. The molecule has 3 rings (SSSR count). The molecule has 1 aromatic carbocycles. The highest BCUT2D eigenvalue weighted by Gasteiger charge is 2.18. The molecule has 0 saturated carbocycles. The first kappa shape index (κ1) is 18.3. The number of rotatable bonds is 7. The maximum atomic E-state index is 12.6. The van der Waals surface area contributed by atoms with Gasteiger partial charge in [-0.25, -0.2) is 18.4 Å². The second-order valence-electron chi connectivity index (χ2n) is 5.17. The van der Waals surface area contributed by atoms with Crippen molar-refractivity contribution in [1.82, 2.24) is 19.9 Å². The van der Waals surface area contributed by atoms with Gasteiger partial charge in [0.25, 0.3) is 0 Å². The molecule has 0 atom stereocenters. The molecule has 0 bridgehead atoms. The Morgan fingerprint density at radius 3 is 2.69 bits per heavy atom. The standard InChI is InChI=1S/C15H17N5O4S2/c1-23-10-4-3-9(7-11(10)24-2)26(21,22)6-5-25-14-12-13(18-8-17-12)19-15(16)20-14/h3-4,7-8H,5-6H2,1-2H3,(H3,16,17,18,19,20). The van der Waals surface area contributed by atoms with E-state index in [1.54, 1.807) is 6.07 Å². The lowest BCUT2D eigenvalue weighted by Gasteiger charge is -2.10. The number of aromatic nitrogens is 4. The van der Waals surface area contributed by atoms with Crippen molar-refractivity contribution in [2.45, 2.75) is 9.92 Å². The first-order chi connectivity index (χ1) is 12.4. The fraction of sp³-hybridized carbons (Fsp3) is 0.267. The number of methoxy groups -OCH3 is 2. The summed E-state index contributed by atoms with van der Waals surface area (Å²) >= 11 is 1.27. The van der Waals surface area contributed by atoms with Gasteiger partial charge in [0.2, 0.25) is 5.95 Å². The van der Waals surface area contributed by atoms with Gasteiger partial charge in [0.05, 0.1) is 31.2 Å². The monoisotopic (exact) mass is 395 g/mol. The van der Waals surface area contributed by atoms with Gasteiger partial charge >= 0.3 is 0 Å². The Morgan fingerprint density at radius 1 is 1.19 bits per heavy atom. The summed E-state index contributed by atoms with van der Waals surface area (Å²) in [5.74, 6) is 1.14. The number of benzene rings is 1. The van der Waals surface area contributed by atoms with E-state index in [4.69, 9.17) is 15.2 Å². The quantitative estimate of drug-likeness (QED) is 0.451. The number of aromatic amines is 1. The van der Waals surface area contributed by atoms with Crippen molar-refractivity contribution in [3.63, 3.8) is 0 Å². The predicted molar refractivity (Wildman–Crippen MR) is 98.4 cm³/mol. The maximum Gasteiger partial charge on any atom is 0.223 e. The molecule has 0 aliphatic carbocycles. The second kappa shape index (κ2) is 7.38. The molecule has 0 aliphatic rings. The number of anilines is 1. The first-order valence-electron chi connectivity index (χ1n) is 7.49. The van der Waals surface area contributed by atoms with E-state index in [9.17, 15) is 8.42 Å². The van der Waals surface area contributed by atoms with E-state index < -0.39 is 9.84 Å². The van der Waals surface area contributed by atoms with Crippen LogP contribution in [0.15, 0.2) is 34.4 Å². The van der Waals surface area contributed by atoms with Crippen LogP contribution in [0.3, 0.4) is 0 Å². The van der Waals surface area contributed by atoms with E-state index >= 15 is 0 Å². The minimum atomic E-state index is -3.49. The zero-order chi connectivity index (χ0) is 18.7. The van der Waals surface area contributed by atoms with Crippen LogP contribution >= 0.6 is 11.8 Å². The molecule has 0 spiro atoms. The summed E-state index contributed by atoms with van der Waals surface area (Å²) in [5.41, 5.74) is 6.74. The van der Waals surface area contributed by atoms with Crippen LogP contribution in [-0.4, -0.2) is 54.1 Å². The predicted octanol–water partition coefficient (Wildman–Crippen LogP) is 1.52. The van der Waals surface area contributed by atoms with Gasteiger partial charge in [0, 0.05) is 11.8 Å². The second-order valence-corrected chi connectivity index (χ2v) is 8.36. The van der Waals surface area contributed by atoms with Crippen LogP contribution in [0.5, 0.6) is 11.5 Å². The molecular weight excluding hydrogens is 378 g/mol. The lowest BCUT2D eigenvalue weighted by atomic mass is 10.3. The molecule has 2 aromatic heterocycles. The molecule has 26 heavy (non-hydrogen) atoms. The molecule has 2 heterocycles. The SMILES string of the molecule is COc1ccc(S(=O)(=O)CCSc2nc(N)nc3nc[nH]c23)cc1OC. The number of sulfone groups is 1. The molecule has 138 valence electrons. The third-order valence-electron chi connectivity index (χ3n) is 3.57. The van der Waals surface area contributed by atoms with Crippen LogP contribution in [0.1, 0.15) is 0 Å². The highest BCUT2D eigenvalue weighted by molar-refractivity contribution is 8.00. The summed E-state index contributed by atoms with van der Waals surface area (Å²) in [6, 6.07) is 4.52. The van der Waals surface area contributed by atoms with Crippen molar-refractivity contribution in [3.05, 3.63) is 24.5 Å². The summed E-state index contributed by atoms with van der Waals surface area (Å²) < 4.78 is 35.5. The number of nitrogens with one attached hydrogen (secondary N) is 1. The van der Waals surface area contributed by atoms with Gasteiger partial charge in [-0.3, -0.25) is 0 Å². The number of nitrogens with zero attached hydrogens (tertiary/aromatic N) is 3. The molecule has 0 fully saturated rings. The topological polar surface area (TPSA) is 133 Å². The fourth-order valence-electron chi connectivity index (χ4n) is 2.30. The van der Waals surface area contributed by atoms with E-state index in [1.165, 1.54) is 44.4 Å². The number of hydrogen-bond donors (Lipinski definition) is 2. The summed E-state index contributed by atoms with van der Waals surface area (Å²) in [5, 5.41) is 0.563. The van der Waals surface area contributed by atoms with Crippen LogP contribution in [0, 0.1) is 0 Å². The van der Waals surface area contributed by atoms with Gasteiger partial charge in [-0.1, -0.05) is 0 Å². The lowest BCUT2D eigenvalue weighted by Crippen LogP contribution is -2.09. The van der Waals surface area contributed by atoms with Crippen LogP contribution in [0.4, 0.5) is 5.95 Å². The molecule has 0 amide bonds. The van der Waals surface area contributed by atoms with Crippen LogP contribution < -0.4 is 15.2 Å². The molecule has 3 N–H and O–H groups in total. The van der Waals surface area contributed by atoms with Crippen LogP contribution in [0.2, 0.25) is 0 Å². The third kappa shape index (κ3) is 3.68. The van der Waals surface area contributed by atoms with E-state index in [2.05, 4.69) is 19.9 Å². The maximum absolute atomic E-state index is 12.6. The molecule has 9 nitrogen and oxygen atoms in total. The number of nitrogens with two attached hydrogens (primary N) is 1. The molecule has 11 heteroatoms. The van der Waals surface area contributed by atoms with Gasteiger partial charge in [-0.15, -0.1) is 11.8 Å². The van der Waals surface area contributed by atoms with Gasteiger partial charge in [0.1, 0.15) is 10.5 Å². The van der Waals surface area contributed by atoms with E-state index in [-0.39, 0.29) is 16.6 Å². The van der Waals surface area contributed by atoms with Crippen molar-refractivity contribution < 1.29 is 17.9 Å². The van der Waals surface area contributed by atoms with Crippen molar-refractivity contribution in [3.8, 4) is 11.5 Å². The Hall–Kier alpha value is -2.53. The van der Waals surface area contributed by atoms with Gasteiger partial charge in [0.15, 0.2) is 27.0 Å². The number of fused-ring (bicyclic) bond motifs is 1. The number of thioether (sulfide) groups is 1. The summed E-state index contributed by atoms with van der Waals surface area (Å²) in [6.45, 7) is 0. The minimum absolute atomic E-state index is 0.0767. The van der Waals surface area contributed by atoms with Crippen molar-refractivity contribution in [1.29, 1.82) is 0 Å². The van der Waals surface area contributed by atoms with Crippen molar-refractivity contribution in [2.24, 2.45) is 0 Å². The normalized spacial score (nSPS) is 11.6. The van der Waals surface area contributed by atoms with E-state index in [0.29, 0.717) is 33.4 Å². The Balaban J connectivity index is 1.75. The van der Waals surface area contributed by atoms with E-state index in [1.807, 2.05) is 0 Å². The third-order valence-corrected chi connectivity index (χ3v) is 6.52. The molecular formula is C15H17N5O4S2. The smallest absolute Gasteiger partial charge is 0.223 e. The fourth-order valence-corrected chi connectivity index (χ4v) is 4.96. The Labute approximate surface area is 154 Å². The average Bonchev–Trinajstić information content (AvgIpc) is 3.09. The van der Waals surface area contributed by atoms with Crippen LogP contribution in [-0.2, 0) is 9.84 Å². The minimum Gasteiger partial charge on any atom is -0.493 e. The first-order valence-corrected chi connectivity index (χ1v) is 10.1. The van der Waals surface area contributed by atoms with Gasteiger partial charge in [-0.05, 0) is 12.1 Å². The Bertz CT molecular complexity index is 1040. The van der Waals surface area contributed by atoms with Crippen LogP contribution in [0.25, 0.3) is 11.2 Å². The van der Waals surface area contributed by atoms with Crippen molar-refractivity contribution >= 4 is 38.7 Å². The number of H-pyrrole nitrogens is 1. The average molecular weight is 395 g/mol. The van der Waals surface area contributed by atoms with Gasteiger partial charge in [-0.2, -0.15) is 4.98 Å². The zero-order valence-corrected chi connectivity index (χ0v) is 15.7. The lowest BCUT2D eigenvalue weighted by molar-refractivity contribution is 0.354. The number of nitrogen functional groups attached to an aromatic ring is 1. The van der Waals surface area contributed by atoms with E-state index in [0.717, 1.165) is 0 Å². The largest absolute Gasteiger partial charge is 0.493 e. The molecule has 0 saturated heterocycles. The molecule has 0 radical (unpaired) electrons. The summed E-state index contributed by atoms with van der Waals surface area (Å²) in [7, 11) is -0.545. The molecule has 3 aromatic rings. The molecule has 0 aliphatic heterocycles. The number of ether oxygens (including phenoxy) is 2. The van der Waals surface area contributed by atoms with Crippen molar-refractivity contribution in [2.75, 3.05) is 31.5 Å². The number of hydrogen-bond acceptors (Lipinski definition) is 9. The molecule has 0 unspecified atom stereocenters. The highest BCUT2D eigenvalue weighted by Crippen LogP contribution is 2.30.